The first-order valence-electron chi connectivity index (χ1n) is 7.45. The number of imide groups is 1. The lowest BCUT2D eigenvalue weighted by Crippen LogP contribution is -2.40. The predicted molar refractivity (Wildman–Crippen MR) is 91.0 cm³/mol. The van der Waals surface area contributed by atoms with E-state index < -0.39 is 22.4 Å². The molecule has 8 heteroatoms. The molecule has 1 N–H and O–H groups in total. The lowest BCUT2D eigenvalue weighted by atomic mass is 9.91. The van der Waals surface area contributed by atoms with Gasteiger partial charge in [-0.05, 0) is 24.1 Å². The third-order valence-electron chi connectivity index (χ3n) is 4.20. The average Bonchev–Trinajstić information content (AvgIpc) is 2.81. The van der Waals surface area contributed by atoms with E-state index in [9.17, 15) is 19.7 Å². The number of benzene rings is 2. The lowest BCUT2D eigenvalue weighted by Gasteiger charge is -2.22. The Bertz CT molecular complexity index is 886. The fourth-order valence-electron chi connectivity index (χ4n) is 2.76. The summed E-state index contributed by atoms with van der Waals surface area (Å²) >= 11 is 6.10. The monoisotopic (exact) mass is 359 g/mol. The van der Waals surface area contributed by atoms with Gasteiger partial charge in [0.15, 0.2) is 0 Å². The summed E-state index contributed by atoms with van der Waals surface area (Å²) in [4.78, 5) is 36.7. The number of urea groups is 1. The second-order valence-electron chi connectivity index (χ2n) is 5.85. The summed E-state index contributed by atoms with van der Waals surface area (Å²) < 4.78 is 0. The maximum absolute atomic E-state index is 12.9. The number of amides is 3. The van der Waals surface area contributed by atoms with E-state index >= 15 is 0 Å². The van der Waals surface area contributed by atoms with Crippen molar-refractivity contribution in [1.82, 2.24) is 10.2 Å². The number of nitro benzene ring substituents is 1. The molecule has 1 aliphatic heterocycles. The highest BCUT2D eigenvalue weighted by atomic mass is 35.5. The predicted octanol–water partition coefficient (Wildman–Crippen LogP) is 3.22. The number of hydrogen-bond acceptors (Lipinski definition) is 4. The van der Waals surface area contributed by atoms with E-state index in [2.05, 4.69) is 5.32 Å². The number of halogens is 1. The molecule has 3 amide bonds. The van der Waals surface area contributed by atoms with Gasteiger partial charge < -0.3 is 5.32 Å². The standard InChI is InChI=1S/C17H14ClN3O4/c1-17(12-6-4-7-13(9-12)21(24)25)15(22)20(16(23)19-17)10-11-5-2-3-8-14(11)18/h2-9H,10H2,1H3,(H,19,23). The molecule has 1 atom stereocenters. The smallest absolute Gasteiger partial charge is 0.319 e. The first kappa shape index (κ1) is 16.9. The summed E-state index contributed by atoms with van der Waals surface area (Å²) in [7, 11) is 0. The van der Waals surface area contributed by atoms with Gasteiger partial charge in [-0.1, -0.05) is 41.9 Å². The Morgan fingerprint density at radius 2 is 1.92 bits per heavy atom. The maximum atomic E-state index is 12.9. The number of nitrogens with zero attached hydrogens (tertiary/aromatic N) is 2. The average molecular weight is 360 g/mol. The molecule has 128 valence electrons. The fraction of sp³-hybridized carbons (Fsp3) is 0.176. The van der Waals surface area contributed by atoms with E-state index in [0.29, 0.717) is 16.1 Å². The molecule has 0 aliphatic carbocycles. The molecule has 2 aromatic rings. The molecule has 0 radical (unpaired) electrons. The highest BCUT2D eigenvalue weighted by Gasteiger charge is 2.49. The molecule has 1 heterocycles. The Balaban J connectivity index is 1.93. The summed E-state index contributed by atoms with van der Waals surface area (Å²) in [5.74, 6) is -0.488. The molecule has 0 bridgehead atoms. The summed E-state index contributed by atoms with van der Waals surface area (Å²) in [6.45, 7) is 1.55. The van der Waals surface area contributed by atoms with Gasteiger partial charge in [0.05, 0.1) is 11.5 Å². The van der Waals surface area contributed by atoms with Gasteiger partial charge in [0.1, 0.15) is 5.54 Å². The van der Waals surface area contributed by atoms with Crippen molar-refractivity contribution < 1.29 is 14.5 Å². The van der Waals surface area contributed by atoms with Crippen molar-refractivity contribution in [1.29, 1.82) is 0 Å². The van der Waals surface area contributed by atoms with Gasteiger partial charge in [-0.3, -0.25) is 19.8 Å². The van der Waals surface area contributed by atoms with Crippen molar-refractivity contribution in [3.05, 3.63) is 74.8 Å². The van der Waals surface area contributed by atoms with Gasteiger partial charge in [0, 0.05) is 17.2 Å². The van der Waals surface area contributed by atoms with E-state index in [1.54, 1.807) is 30.3 Å². The molecule has 0 saturated carbocycles. The van der Waals surface area contributed by atoms with Crippen LogP contribution in [0.5, 0.6) is 0 Å². The molecule has 1 saturated heterocycles. The molecule has 0 aromatic heterocycles. The zero-order chi connectivity index (χ0) is 18.2. The molecule has 25 heavy (non-hydrogen) atoms. The van der Waals surface area contributed by atoms with Crippen LogP contribution in [-0.2, 0) is 16.9 Å². The lowest BCUT2D eigenvalue weighted by molar-refractivity contribution is -0.385. The molecule has 1 aliphatic rings. The van der Waals surface area contributed by atoms with Gasteiger partial charge in [-0.2, -0.15) is 0 Å². The normalized spacial score (nSPS) is 19.8. The molecule has 3 rings (SSSR count). The number of carbonyl (C=O) groups is 2. The summed E-state index contributed by atoms with van der Waals surface area (Å²) in [6.07, 6.45) is 0. The topological polar surface area (TPSA) is 92.6 Å². The zero-order valence-corrected chi connectivity index (χ0v) is 14.0. The van der Waals surface area contributed by atoms with Crippen molar-refractivity contribution in [2.24, 2.45) is 0 Å². The van der Waals surface area contributed by atoms with Gasteiger partial charge in [0.25, 0.3) is 11.6 Å². The SMILES string of the molecule is CC1(c2cccc([N+](=O)[O-])c2)NC(=O)N(Cc2ccccc2Cl)C1=O. The number of nitrogens with one attached hydrogen (secondary N) is 1. The number of nitro groups is 1. The van der Waals surface area contributed by atoms with Crippen LogP contribution in [0.25, 0.3) is 0 Å². The van der Waals surface area contributed by atoms with E-state index in [0.717, 1.165) is 4.90 Å². The molecular weight excluding hydrogens is 346 g/mol. The fourth-order valence-corrected chi connectivity index (χ4v) is 2.96. The van der Waals surface area contributed by atoms with Crippen molar-refractivity contribution in [3.63, 3.8) is 0 Å². The maximum Gasteiger partial charge on any atom is 0.325 e. The minimum absolute atomic E-state index is 0.0227. The zero-order valence-electron chi connectivity index (χ0n) is 13.2. The quantitative estimate of drug-likeness (QED) is 0.515. The molecule has 1 fully saturated rings. The van der Waals surface area contributed by atoms with Gasteiger partial charge >= 0.3 is 6.03 Å². The molecule has 7 nitrogen and oxygen atoms in total. The molecule has 1 unspecified atom stereocenters. The van der Waals surface area contributed by atoms with Crippen molar-refractivity contribution in [3.8, 4) is 0 Å². The first-order chi connectivity index (χ1) is 11.8. The van der Waals surface area contributed by atoms with Crippen LogP contribution in [0.2, 0.25) is 5.02 Å². The highest BCUT2D eigenvalue weighted by Crippen LogP contribution is 2.32. The van der Waals surface area contributed by atoms with Crippen LogP contribution in [0.1, 0.15) is 18.1 Å². The minimum atomic E-state index is -1.37. The summed E-state index contributed by atoms with van der Waals surface area (Å²) in [5.41, 5.74) is -0.535. The van der Waals surface area contributed by atoms with Gasteiger partial charge in [-0.25, -0.2) is 4.79 Å². The van der Waals surface area contributed by atoms with E-state index in [1.165, 1.54) is 25.1 Å². The van der Waals surface area contributed by atoms with E-state index in [1.807, 2.05) is 0 Å². The second kappa shape index (κ2) is 6.18. The van der Waals surface area contributed by atoms with Crippen LogP contribution in [0.4, 0.5) is 10.5 Å². The number of carbonyl (C=O) groups excluding carboxylic acids is 2. The van der Waals surface area contributed by atoms with Crippen LogP contribution in [0.15, 0.2) is 48.5 Å². The third-order valence-corrected chi connectivity index (χ3v) is 4.56. The Morgan fingerprint density at radius 3 is 2.60 bits per heavy atom. The van der Waals surface area contributed by atoms with E-state index in [-0.39, 0.29) is 12.2 Å². The van der Waals surface area contributed by atoms with Crippen LogP contribution in [0, 0.1) is 10.1 Å². The Hall–Kier alpha value is -2.93. The summed E-state index contributed by atoms with van der Waals surface area (Å²) in [5, 5.41) is 14.0. The van der Waals surface area contributed by atoms with Crippen LogP contribution >= 0.6 is 11.6 Å². The van der Waals surface area contributed by atoms with Crippen LogP contribution in [0.3, 0.4) is 0 Å². The van der Waals surface area contributed by atoms with Gasteiger partial charge in [-0.15, -0.1) is 0 Å². The molecular formula is C17H14ClN3O4. The van der Waals surface area contributed by atoms with Crippen LogP contribution in [-0.4, -0.2) is 21.8 Å². The largest absolute Gasteiger partial charge is 0.325 e. The molecule has 0 spiro atoms. The number of non-ortho nitro benzene ring substituents is 1. The Kier molecular flexibility index (Phi) is 4.18. The van der Waals surface area contributed by atoms with Crippen LogP contribution < -0.4 is 5.32 Å². The first-order valence-corrected chi connectivity index (χ1v) is 7.83. The van der Waals surface area contributed by atoms with Crippen molar-refractivity contribution >= 4 is 29.2 Å². The number of rotatable bonds is 4. The Morgan fingerprint density at radius 1 is 1.20 bits per heavy atom. The third kappa shape index (κ3) is 2.94. The van der Waals surface area contributed by atoms with Crippen molar-refractivity contribution in [2.45, 2.75) is 19.0 Å². The second-order valence-corrected chi connectivity index (χ2v) is 6.25. The van der Waals surface area contributed by atoms with E-state index in [4.69, 9.17) is 11.6 Å². The molecule has 2 aromatic carbocycles. The number of hydrogen-bond donors (Lipinski definition) is 1. The summed E-state index contributed by atoms with van der Waals surface area (Å²) in [6, 6.07) is 12.0. The Labute approximate surface area is 148 Å². The minimum Gasteiger partial charge on any atom is -0.319 e. The van der Waals surface area contributed by atoms with Gasteiger partial charge in [0.2, 0.25) is 0 Å². The van der Waals surface area contributed by atoms with Crippen molar-refractivity contribution in [2.75, 3.05) is 0 Å². The highest BCUT2D eigenvalue weighted by molar-refractivity contribution is 6.31.